The van der Waals surface area contributed by atoms with Crippen LogP contribution in [0.4, 0.5) is 22.6 Å². The topological polar surface area (TPSA) is 55.1 Å². The van der Waals surface area contributed by atoms with Crippen LogP contribution in [0.1, 0.15) is 15.9 Å². The highest BCUT2D eigenvalue weighted by Crippen LogP contribution is 2.40. The number of carbonyl (C=O) groups excluding carboxylic acids is 1. The van der Waals surface area contributed by atoms with Crippen LogP contribution in [-0.2, 0) is 6.18 Å². The normalized spacial score (nSPS) is 11.5. The SMILES string of the molecule is CNc1sc(Sc2ccc(C(F)(F)F)cc2F)cc1C(N)=O. The molecule has 0 atom stereocenters. The molecule has 0 aliphatic heterocycles. The van der Waals surface area contributed by atoms with Crippen molar-refractivity contribution in [3.05, 3.63) is 41.2 Å². The summed E-state index contributed by atoms with van der Waals surface area (Å²) in [5.74, 6) is -1.61. The highest BCUT2D eigenvalue weighted by atomic mass is 32.2. The van der Waals surface area contributed by atoms with Crippen LogP contribution in [0.25, 0.3) is 0 Å². The fraction of sp³-hybridized carbons (Fsp3) is 0.154. The van der Waals surface area contributed by atoms with E-state index in [9.17, 15) is 22.4 Å². The monoisotopic (exact) mass is 350 g/mol. The minimum atomic E-state index is -4.59. The van der Waals surface area contributed by atoms with Crippen LogP contribution in [0.15, 0.2) is 33.4 Å². The van der Waals surface area contributed by atoms with E-state index >= 15 is 0 Å². The fourth-order valence-corrected chi connectivity index (χ4v) is 3.78. The quantitative estimate of drug-likeness (QED) is 0.813. The molecule has 2 aromatic rings. The number of hydrogen-bond donors (Lipinski definition) is 2. The van der Waals surface area contributed by atoms with Crippen molar-refractivity contribution in [3.63, 3.8) is 0 Å². The summed E-state index contributed by atoms with van der Waals surface area (Å²) < 4.78 is 51.8. The molecule has 22 heavy (non-hydrogen) atoms. The molecule has 3 nitrogen and oxygen atoms in total. The molecule has 2 rings (SSSR count). The highest BCUT2D eigenvalue weighted by Gasteiger charge is 2.31. The lowest BCUT2D eigenvalue weighted by atomic mass is 10.2. The first-order valence-electron chi connectivity index (χ1n) is 5.88. The maximum atomic E-state index is 13.8. The Morgan fingerprint density at radius 1 is 1.32 bits per heavy atom. The van der Waals surface area contributed by atoms with E-state index in [2.05, 4.69) is 5.32 Å². The van der Waals surface area contributed by atoms with Gasteiger partial charge in [-0.25, -0.2) is 4.39 Å². The molecule has 0 aliphatic carbocycles. The van der Waals surface area contributed by atoms with Gasteiger partial charge in [-0.3, -0.25) is 4.79 Å². The molecule has 3 N–H and O–H groups in total. The summed E-state index contributed by atoms with van der Waals surface area (Å²) in [6.45, 7) is 0. The second-order valence-corrected chi connectivity index (χ2v) is 6.56. The number of alkyl halides is 3. The van der Waals surface area contributed by atoms with E-state index < -0.39 is 23.5 Å². The van der Waals surface area contributed by atoms with Gasteiger partial charge in [-0.05, 0) is 24.3 Å². The molecule has 0 fully saturated rings. The molecule has 0 saturated carbocycles. The third-order valence-electron chi connectivity index (χ3n) is 2.67. The van der Waals surface area contributed by atoms with Gasteiger partial charge in [0, 0.05) is 11.9 Å². The Morgan fingerprint density at radius 3 is 2.45 bits per heavy atom. The third kappa shape index (κ3) is 3.53. The Kier molecular flexibility index (Phi) is 4.66. The Morgan fingerprint density at radius 2 is 2.00 bits per heavy atom. The molecule has 118 valence electrons. The van der Waals surface area contributed by atoms with E-state index in [0.29, 0.717) is 15.3 Å². The van der Waals surface area contributed by atoms with Gasteiger partial charge in [0.25, 0.3) is 5.91 Å². The number of nitrogens with one attached hydrogen (secondary N) is 1. The minimum absolute atomic E-state index is 0.0351. The average molecular weight is 350 g/mol. The molecular weight excluding hydrogens is 340 g/mol. The minimum Gasteiger partial charge on any atom is -0.379 e. The lowest BCUT2D eigenvalue weighted by Gasteiger charge is -2.08. The summed E-state index contributed by atoms with van der Waals surface area (Å²) in [6.07, 6.45) is -4.59. The number of thiophene rings is 1. The van der Waals surface area contributed by atoms with Crippen LogP contribution in [-0.4, -0.2) is 13.0 Å². The van der Waals surface area contributed by atoms with Gasteiger partial charge < -0.3 is 11.1 Å². The number of benzene rings is 1. The average Bonchev–Trinajstić information content (AvgIpc) is 2.83. The Bertz CT molecular complexity index is 713. The van der Waals surface area contributed by atoms with Crippen molar-refractivity contribution in [2.45, 2.75) is 15.3 Å². The predicted molar refractivity (Wildman–Crippen MR) is 77.9 cm³/mol. The summed E-state index contributed by atoms with van der Waals surface area (Å²) in [5, 5.41) is 3.30. The van der Waals surface area contributed by atoms with Crippen molar-refractivity contribution in [2.24, 2.45) is 5.73 Å². The van der Waals surface area contributed by atoms with Crippen molar-refractivity contribution in [2.75, 3.05) is 12.4 Å². The zero-order chi connectivity index (χ0) is 16.5. The number of halogens is 4. The van der Waals surface area contributed by atoms with Gasteiger partial charge in [-0.1, -0.05) is 11.8 Å². The lowest BCUT2D eigenvalue weighted by Crippen LogP contribution is -2.11. The second-order valence-electron chi connectivity index (χ2n) is 4.17. The van der Waals surface area contributed by atoms with E-state index in [1.165, 1.54) is 6.07 Å². The smallest absolute Gasteiger partial charge is 0.379 e. The van der Waals surface area contributed by atoms with Gasteiger partial charge in [-0.2, -0.15) is 13.2 Å². The van der Waals surface area contributed by atoms with Gasteiger partial charge in [0.15, 0.2) is 0 Å². The van der Waals surface area contributed by atoms with E-state index in [0.717, 1.165) is 35.2 Å². The van der Waals surface area contributed by atoms with Crippen molar-refractivity contribution in [1.82, 2.24) is 0 Å². The molecule has 0 aliphatic rings. The second kappa shape index (κ2) is 6.17. The number of carbonyl (C=O) groups is 1. The zero-order valence-corrected chi connectivity index (χ0v) is 12.8. The molecule has 1 aromatic carbocycles. The molecule has 0 spiro atoms. The van der Waals surface area contributed by atoms with Crippen LogP contribution in [0.5, 0.6) is 0 Å². The van der Waals surface area contributed by atoms with E-state index in [1.807, 2.05) is 0 Å². The van der Waals surface area contributed by atoms with Crippen LogP contribution in [0.2, 0.25) is 0 Å². The molecule has 1 aromatic heterocycles. The van der Waals surface area contributed by atoms with Gasteiger partial charge in [-0.15, -0.1) is 11.3 Å². The zero-order valence-electron chi connectivity index (χ0n) is 11.1. The molecule has 0 bridgehead atoms. The summed E-state index contributed by atoms with van der Waals surface area (Å²) in [4.78, 5) is 11.3. The largest absolute Gasteiger partial charge is 0.416 e. The molecule has 9 heteroatoms. The van der Waals surface area contributed by atoms with Gasteiger partial charge in [0.2, 0.25) is 0 Å². The molecule has 0 radical (unpaired) electrons. The predicted octanol–water partition coefficient (Wildman–Crippen LogP) is 4.20. The Balaban J connectivity index is 2.30. The summed E-state index contributed by atoms with van der Waals surface area (Å²) in [5.41, 5.74) is 4.42. The molecule has 1 amide bonds. The van der Waals surface area contributed by atoms with Gasteiger partial charge >= 0.3 is 6.18 Å². The Labute approximate surface area is 131 Å². The number of hydrogen-bond acceptors (Lipinski definition) is 4. The van der Waals surface area contributed by atoms with Crippen molar-refractivity contribution >= 4 is 34.0 Å². The summed E-state index contributed by atoms with van der Waals surface area (Å²) >= 11 is 2.09. The summed E-state index contributed by atoms with van der Waals surface area (Å²) in [6, 6.07) is 3.79. The Hall–Kier alpha value is -1.74. The van der Waals surface area contributed by atoms with Crippen molar-refractivity contribution in [3.8, 4) is 0 Å². The maximum absolute atomic E-state index is 13.8. The highest BCUT2D eigenvalue weighted by molar-refractivity contribution is 8.01. The number of amides is 1. The van der Waals surface area contributed by atoms with Gasteiger partial charge in [0.1, 0.15) is 10.8 Å². The lowest BCUT2D eigenvalue weighted by molar-refractivity contribution is -0.137. The first-order valence-corrected chi connectivity index (χ1v) is 7.51. The number of anilines is 1. The number of rotatable bonds is 4. The van der Waals surface area contributed by atoms with Crippen LogP contribution < -0.4 is 11.1 Å². The fourth-order valence-electron chi connectivity index (χ4n) is 1.66. The number of nitrogens with two attached hydrogens (primary N) is 1. The van der Waals surface area contributed by atoms with Crippen molar-refractivity contribution in [1.29, 1.82) is 0 Å². The van der Waals surface area contributed by atoms with Crippen molar-refractivity contribution < 1.29 is 22.4 Å². The van der Waals surface area contributed by atoms with Crippen LogP contribution in [0.3, 0.4) is 0 Å². The first kappa shape index (κ1) is 16.6. The maximum Gasteiger partial charge on any atom is 0.416 e. The third-order valence-corrected chi connectivity index (χ3v) is 4.99. The van der Waals surface area contributed by atoms with E-state index in [-0.39, 0.29) is 10.5 Å². The van der Waals surface area contributed by atoms with Gasteiger partial charge in [0.05, 0.1) is 15.3 Å². The molecule has 1 heterocycles. The molecule has 0 saturated heterocycles. The molecular formula is C13H10F4N2OS2. The van der Waals surface area contributed by atoms with Crippen LogP contribution in [0, 0.1) is 5.82 Å². The van der Waals surface area contributed by atoms with E-state index in [1.54, 1.807) is 7.05 Å². The first-order chi connectivity index (χ1) is 10.2. The summed E-state index contributed by atoms with van der Waals surface area (Å²) in [7, 11) is 1.60. The van der Waals surface area contributed by atoms with E-state index in [4.69, 9.17) is 5.73 Å². The molecule has 0 unspecified atom stereocenters. The van der Waals surface area contributed by atoms with Crippen LogP contribution >= 0.6 is 23.1 Å². The number of primary amides is 1. The standard InChI is InChI=1S/C13H10F4N2OS2/c1-19-12-7(11(18)20)5-10(22-12)21-9-3-2-6(4-8(9)14)13(15,16)17/h2-5,19H,1H3,(H2,18,20).